The standard InChI is InChI=1S/C11H22O5Si/c1-4-8-11(12)14-9-7-10-17(13,15-5-2)16-6-3/h4,8,13H,5-7,9-10H2,1-3H3. The molecule has 0 unspecified atom stereocenters. The van der Waals surface area contributed by atoms with Crippen LogP contribution in [0.2, 0.25) is 6.04 Å². The second-order valence-corrected chi connectivity index (χ2v) is 5.85. The molecular formula is C11H22O5Si. The molecule has 0 aliphatic heterocycles. The molecule has 0 rings (SSSR count). The van der Waals surface area contributed by atoms with Crippen molar-refractivity contribution in [1.82, 2.24) is 0 Å². The summed E-state index contributed by atoms with van der Waals surface area (Å²) in [5, 5.41) is 0. The molecule has 0 spiro atoms. The van der Waals surface area contributed by atoms with E-state index in [4.69, 9.17) is 13.6 Å². The third-order valence-electron chi connectivity index (χ3n) is 1.92. The highest BCUT2D eigenvalue weighted by Gasteiger charge is 2.35. The predicted molar refractivity (Wildman–Crippen MR) is 66.4 cm³/mol. The van der Waals surface area contributed by atoms with Crippen molar-refractivity contribution in [2.75, 3.05) is 19.8 Å². The van der Waals surface area contributed by atoms with Gasteiger partial charge in [0.15, 0.2) is 0 Å². The van der Waals surface area contributed by atoms with E-state index in [1.807, 2.05) is 13.8 Å². The molecule has 0 saturated carbocycles. The maximum Gasteiger partial charge on any atom is 0.498 e. The van der Waals surface area contributed by atoms with Crippen LogP contribution in [0.3, 0.4) is 0 Å². The van der Waals surface area contributed by atoms with Gasteiger partial charge in [0.05, 0.1) is 6.61 Å². The number of ether oxygens (including phenoxy) is 1. The lowest BCUT2D eigenvalue weighted by molar-refractivity contribution is -0.137. The monoisotopic (exact) mass is 262 g/mol. The third-order valence-corrected chi connectivity index (χ3v) is 4.39. The molecule has 0 aromatic rings. The molecule has 1 N–H and O–H groups in total. The van der Waals surface area contributed by atoms with E-state index < -0.39 is 8.80 Å². The van der Waals surface area contributed by atoms with Crippen LogP contribution in [0.1, 0.15) is 27.2 Å². The zero-order chi connectivity index (χ0) is 13.1. The Morgan fingerprint density at radius 2 is 1.88 bits per heavy atom. The lowest BCUT2D eigenvalue weighted by atomic mass is 10.5. The highest BCUT2D eigenvalue weighted by atomic mass is 28.4. The van der Waals surface area contributed by atoms with Gasteiger partial charge in [-0.15, -0.1) is 0 Å². The molecular weight excluding hydrogens is 240 g/mol. The molecule has 6 heteroatoms. The van der Waals surface area contributed by atoms with Crippen LogP contribution in [0, 0.1) is 0 Å². The minimum atomic E-state index is -3.05. The largest absolute Gasteiger partial charge is 0.498 e. The average molecular weight is 262 g/mol. The van der Waals surface area contributed by atoms with Crippen LogP contribution in [-0.4, -0.2) is 39.4 Å². The quantitative estimate of drug-likeness (QED) is 0.295. The molecule has 0 heterocycles. The fourth-order valence-corrected chi connectivity index (χ4v) is 3.15. The number of carbonyl (C=O) groups is 1. The molecule has 0 atom stereocenters. The summed E-state index contributed by atoms with van der Waals surface area (Å²) in [4.78, 5) is 21.0. The van der Waals surface area contributed by atoms with Gasteiger partial charge in [0.2, 0.25) is 0 Å². The van der Waals surface area contributed by atoms with Crippen LogP contribution in [0.5, 0.6) is 0 Å². The number of allylic oxidation sites excluding steroid dienone is 1. The zero-order valence-corrected chi connectivity index (χ0v) is 11.8. The molecule has 5 nitrogen and oxygen atoms in total. The van der Waals surface area contributed by atoms with E-state index >= 15 is 0 Å². The van der Waals surface area contributed by atoms with Gasteiger partial charge in [-0.2, -0.15) is 0 Å². The van der Waals surface area contributed by atoms with E-state index in [0.29, 0.717) is 25.7 Å². The van der Waals surface area contributed by atoms with Gasteiger partial charge in [0, 0.05) is 25.3 Å². The van der Waals surface area contributed by atoms with Crippen LogP contribution in [0.25, 0.3) is 0 Å². The van der Waals surface area contributed by atoms with Crippen LogP contribution in [0.15, 0.2) is 12.2 Å². The highest BCUT2D eigenvalue weighted by Crippen LogP contribution is 2.12. The van der Waals surface area contributed by atoms with Crippen molar-refractivity contribution >= 4 is 14.8 Å². The Kier molecular flexibility index (Phi) is 8.97. The van der Waals surface area contributed by atoms with Crippen LogP contribution in [0.4, 0.5) is 0 Å². The SMILES string of the molecule is CC=CC(=O)OCCC[Si](O)(OCC)OCC. The fraction of sp³-hybridized carbons (Fsp3) is 0.727. The topological polar surface area (TPSA) is 65.0 Å². The molecule has 0 fully saturated rings. The summed E-state index contributed by atoms with van der Waals surface area (Å²) in [5.74, 6) is -0.370. The number of carbonyl (C=O) groups excluding carboxylic acids is 1. The van der Waals surface area contributed by atoms with E-state index in [0.717, 1.165) is 0 Å². The van der Waals surface area contributed by atoms with Crippen LogP contribution in [-0.2, 0) is 18.4 Å². The Balaban J connectivity index is 3.86. The summed E-state index contributed by atoms with van der Waals surface area (Å²) in [7, 11) is -3.05. The van der Waals surface area contributed by atoms with Gasteiger partial charge in [0.1, 0.15) is 0 Å². The number of rotatable bonds is 9. The van der Waals surface area contributed by atoms with Crippen molar-refractivity contribution in [1.29, 1.82) is 0 Å². The van der Waals surface area contributed by atoms with E-state index in [1.165, 1.54) is 6.08 Å². The van der Waals surface area contributed by atoms with Gasteiger partial charge in [0.25, 0.3) is 0 Å². The van der Waals surface area contributed by atoms with E-state index in [-0.39, 0.29) is 12.6 Å². The van der Waals surface area contributed by atoms with Crippen molar-refractivity contribution < 1.29 is 23.2 Å². The van der Waals surface area contributed by atoms with Crippen molar-refractivity contribution in [3.05, 3.63) is 12.2 Å². The van der Waals surface area contributed by atoms with Crippen molar-refractivity contribution in [3.63, 3.8) is 0 Å². The second-order valence-electron chi connectivity index (χ2n) is 3.35. The van der Waals surface area contributed by atoms with E-state index in [9.17, 15) is 9.59 Å². The second kappa shape index (κ2) is 9.35. The molecule has 0 aromatic heterocycles. The first-order valence-electron chi connectivity index (χ1n) is 5.87. The Morgan fingerprint density at radius 3 is 2.35 bits per heavy atom. The summed E-state index contributed by atoms with van der Waals surface area (Å²) in [5.41, 5.74) is 0. The first-order valence-corrected chi connectivity index (χ1v) is 7.84. The average Bonchev–Trinajstić information content (AvgIpc) is 2.26. The van der Waals surface area contributed by atoms with Crippen LogP contribution >= 0.6 is 0 Å². The molecule has 0 amide bonds. The molecule has 0 radical (unpaired) electrons. The first kappa shape index (κ1) is 16.3. The van der Waals surface area contributed by atoms with Gasteiger partial charge in [-0.3, -0.25) is 0 Å². The molecule has 0 saturated heterocycles. The molecule has 0 aliphatic rings. The summed E-state index contributed by atoms with van der Waals surface area (Å²) < 4.78 is 15.4. The van der Waals surface area contributed by atoms with E-state index in [1.54, 1.807) is 13.0 Å². The minimum Gasteiger partial charge on any atom is -0.463 e. The van der Waals surface area contributed by atoms with Gasteiger partial charge >= 0.3 is 14.8 Å². The van der Waals surface area contributed by atoms with Gasteiger partial charge in [-0.1, -0.05) is 6.08 Å². The number of hydrogen-bond acceptors (Lipinski definition) is 5. The van der Waals surface area contributed by atoms with Crippen molar-refractivity contribution in [2.24, 2.45) is 0 Å². The Hall–Kier alpha value is -0.693. The lowest BCUT2D eigenvalue weighted by Gasteiger charge is -2.22. The Morgan fingerprint density at radius 1 is 1.29 bits per heavy atom. The van der Waals surface area contributed by atoms with Crippen LogP contribution < -0.4 is 0 Å². The fourth-order valence-electron chi connectivity index (χ4n) is 1.29. The number of esters is 1. The summed E-state index contributed by atoms with van der Waals surface area (Å²) >= 11 is 0. The summed E-state index contributed by atoms with van der Waals surface area (Å²) in [6, 6.07) is 0.401. The molecule has 0 bridgehead atoms. The molecule has 0 aliphatic carbocycles. The lowest BCUT2D eigenvalue weighted by Crippen LogP contribution is -2.42. The molecule has 17 heavy (non-hydrogen) atoms. The smallest absolute Gasteiger partial charge is 0.463 e. The van der Waals surface area contributed by atoms with Gasteiger partial charge in [-0.05, 0) is 27.2 Å². The Labute approximate surface area is 104 Å². The zero-order valence-electron chi connectivity index (χ0n) is 10.8. The minimum absolute atomic E-state index is 0.263. The highest BCUT2D eigenvalue weighted by molar-refractivity contribution is 6.59. The van der Waals surface area contributed by atoms with Crippen molar-refractivity contribution in [3.8, 4) is 0 Å². The Bertz CT molecular complexity index is 236. The van der Waals surface area contributed by atoms with E-state index in [2.05, 4.69) is 0 Å². The van der Waals surface area contributed by atoms with Gasteiger partial charge in [-0.25, -0.2) is 4.79 Å². The summed E-state index contributed by atoms with van der Waals surface area (Å²) in [6.07, 6.45) is 3.51. The maximum absolute atomic E-state index is 11.0. The first-order chi connectivity index (χ1) is 8.08. The molecule has 0 aromatic carbocycles. The molecule has 100 valence electrons. The normalized spacial score (nSPS) is 12.0. The maximum atomic E-state index is 11.0. The van der Waals surface area contributed by atoms with Crippen molar-refractivity contribution in [2.45, 2.75) is 33.2 Å². The number of hydrogen-bond donors (Lipinski definition) is 1. The predicted octanol–water partition coefficient (Wildman–Crippen LogP) is 1.50. The van der Waals surface area contributed by atoms with Gasteiger partial charge < -0.3 is 18.4 Å². The third kappa shape index (κ3) is 8.09. The summed E-state index contributed by atoms with van der Waals surface area (Å²) in [6.45, 7) is 6.46.